The Bertz CT molecular complexity index is 745. The Morgan fingerprint density at radius 2 is 1.96 bits per heavy atom. The number of rotatable bonds is 4. The number of nitrogens with zero attached hydrogens (tertiary/aromatic N) is 1. The predicted octanol–water partition coefficient (Wildman–Crippen LogP) is 3.33. The number of halogens is 1. The normalized spacial score (nSPS) is 17.3. The number of carbonyl (C=O) groups is 2. The van der Waals surface area contributed by atoms with Crippen LogP contribution in [0.2, 0.25) is 0 Å². The molecule has 1 unspecified atom stereocenters. The van der Waals surface area contributed by atoms with Gasteiger partial charge in [-0.3, -0.25) is 4.79 Å². The maximum Gasteiger partial charge on any atom is 0.335 e. The number of benzene rings is 2. The molecule has 23 heavy (non-hydrogen) atoms. The third-order valence-corrected chi connectivity index (χ3v) is 4.18. The Labute approximate surface area is 141 Å². The SMILES string of the molecule is O=C(O)c1cccc(N2CCC(Oc3ccc(Br)cc3)C2=O)c1. The van der Waals surface area contributed by atoms with E-state index in [2.05, 4.69) is 15.9 Å². The highest BCUT2D eigenvalue weighted by Crippen LogP contribution is 2.26. The molecular formula is C17H14BrNO4. The molecule has 1 N–H and O–H groups in total. The smallest absolute Gasteiger partial charge is 0.335 e. The first-order valence-corrected chi connectivity index (χ1v) is 7.91. The second-order valence-corrected chi connectivity index (χ2v) is 6.11. The van der Waals surface area contributed by atoms with Gasteiger partial charge in [-0.1, -0.05) is 22.0 Å². The summed E-state index contributed by atoms with van der Waals surface area (Å²) in [5.74, 6) is -0.538. The van der Waals surface area contributed by atoms with Crippen LogP contribution in [0.1, 0.15) is 16.8 Å². The van der Waals surface area contributed by atoms with Gasteiger partial charge in [-0.05, 0) is 42.5 Å². The Balaban J connectivity index is 1.75. The number of carboxylic acids is 1. The minimum absolute atomic E-state index is 0.157. The third kappa shape index (κ3) is 3.37. The predicted molar refractivity (Wildman–Crippen MR) is 88.9 cm³/mol. The van der Waals surface area contributed by atoms with E-state index in [1.54, 1.807) is 29.2 Å². The molecule has 1 atom stereocenters. The van der Waals surface area contributed by atoms with E-state index in [0.29, 0.717) is 24.4 Å². The van der Waals surface area contributed by atoms with Crippen LogP contribution in [-0.4, -0.2) is 29.6 Å². The number of hydrogen-bond donors (Lipinski definition) is 1. The van der Waals surface area contributed by atoms with Gasteiger partial charge in [0.15, 0.2) is 6.10 Å². The zero-order chi connectivity index (χ0) is 16.4. The van der Waals surface area contributed by atoms with Crippen molar-refractivity contribution in [1.82, 2.24) is 0 Å². The summed E-state index contributed by atoms with van der Waals surface area (Å²) < 4.78 is 6.68. The van der Waals surface area contributed by atoms with Gasteiger partial charge >= 0.3 is 5.97 Å². The number of amides is 1. The molecule has 6 heteroatoms. The molecule has 1 saturated heterocycles. The molecule has 1 fully saturated rings. The Morgan fingerprint density at radius 3 is 2.65 bits per heavy atom. The van der Waals surface area contributed by atoms with Gasteiger partial charge < -0.3 is 14.7 Å². The second kappa shape index (κ2) is 6.42. The molecule has 0 aliphatic carbocycles. The van der Waals surface area contributed by atoms with Gasteiger partial charge in [0.25, 0.3) is 5.91 Å². The summed E-state index contributed by atoms with van der Waals surface area (Å²) in [5, 5.41) is 9.06. The number of aromatic carboxylic acids is 1. The summed E-state index contributed by atoms with van der Waals surface area (Å²) in [6.45, 7) is 0.503. The highest BCUT2D eigenvalue weighted by molar-refractivity contribution is 9.10. The average Bonchev–Trinajstić information content (AvgIpc) is 2.91. The van der Waals surface area contributed by atoms with Crippen molar-refractivity contribution in [1.29, 1.82) is 0 Å². The largest absolute Gasteiger partial charge is 0.481 e. The van der Waals surface area contributed by atoms with Gasteiger partial charge in [-0.2, -0.15) is 0 Å². The zero-order valence-corrected chi connectivity index (χ0v) is 13.7. The summed E-state index contributed by atoms with van der Waals surface area (Å²) in [7, 11) is 0. The fourth-order valence-corrected chi connectivity index (χ4v) is 2.77. The van der Waals surface area contributed by atoms with Crippen molar-refractivity contribution >= 4 is 33.5 Å². The minimum atomic E-state index is -1.01. The third-order valence-electron chi connectivity index (χ3n) is 3.65. The molecule has 1 aliphatic heterocycles. The standard InChI is InChI=1S/C17H14BrNO4/c18-12-4-6-14(7-5-12)23-15-8-9-19(16(15)20)13-3-1-2-11(10-13)17(21)22/h1-7,10,15H,8-9H2,(H,21,22). The number of anilines is 1. The molecule has 1 heterocycles. The van der Waals surface area contributed by atoms with Gasteiger partial charge in [0, 0.05) is 23.1 Å². The van der Waals surface area contributed by atoms with Crippen molar-refractivity contribution in [2.24, 2.45) is 0 Å². The first-order chi connectivity index (χ1) is 11.0. The number of ether oxygens (including phenoxy) is 1. The monoisotopic (exact) mass is 375 g/mol. The lowest BCUT2D eigenvalue weighted by Gasteiger charge is -2.17. The number of hydrogen-bond acceptors (Lipinski definition) is 3. The first-order valence-electron chi connectivity index (χ1n) is 7.11. The van der Waals surface area contributed by atoms with Crippen LogP contribution in [0.25, 0.3) is 0 Å². The van der Waals surface area contributed by atoms with E-state index in [-0.39, 0.29) is 11.5 Å². The van der Waals surface area contributed by atoms with Gasteiger partial charge in [-0.25, -0.2) is 4.79 Å². The van der Waals surface area contributed by atoms with Gasteiger partial charge in [0.05, 0.1) is 5.56 Å². The molecule has 0 bridgehead atoms. The molecule has 118 valence electrons. The Kier molecular flexibility index (Phi) is 4.34. The van der Waals surface area contributed by atoms with Crippen LogP contribution < -0.4 is 9.64 Å². The lowest BCUT2D eigenvalue weighted by Crippen LogP contribution is -2.32. The zero-order valence-electron chi connectivity index (χ0n) is 12.1. The van der Waals surface area contributed by atoms with Crippen LogP contribution in [0, 0.1) is 0 Å². The molecule has 0 saturated carbocycles. The summed E-state index contributed by atoms with van der Waals surface area (Å²) in [4.78, 5) is 25.1. The maximum atomic E-state index is 12.5. The average molecular weight is 376 g/mol. The molecule has 5 nitrogen and oxygen atoms in total. The van der Waals surface area contributed by atoms with Crippen LogP contribution in [0.3, 0.4) is 0 Å². The number of carbonyl (C=O) groups excluding carboxylic acids is 1. The van der Waals surface area contributed by atoms with Gasteiger partial charge in [0.2, 0.25) is 0 Å². The Morgan fingerprint density at radius 1 is 1.22 bits per heavy atom. The fourth-order valence-electron chi connectivity index (χ4n) is 2.50. The maximum absolute atomic E-state index is 12.5. The van der Waals surface area contributed by atoms with Crippen LogP contribution in [0.5, 0.6) is 5.75 Å². The lowest BCUT2D eigenvalue weighted by molar-refractivity contribution is -0.122. The number of carboxylic acid groups (broad SMARTS) is 1. The first kappa shape index (κ1) is 15.6. The molecule has 2 aromatic carbocycles. The van der Waals surface area contributed by atoms with Crippen molar-refractivity contribution in [2.75, 3.05) is 11.4 Å². The summed E-state index contributed by atoms with van der Waals surface area (Å²) >= 11 is 3.35. The fraction of sp³-hybridized carbons (Fsp3) is 0.176. The topological polar surface area (TPSA) is 66.8 Å². The van der Waals surface area contributed by atoms with E-state index in [4.69, 9.17) is 9.84 Å². The van der Waals surface area contributed by atoms with Crippen LogP contribution in [0.4, 0.5) is 5.69 Å². The van der Waals surface area contributed by atoms with Crippen molar-refractivity contribution in [3.63, 3.8) is 0 Å². The van der Waals surface area contributed by atoms with E-state index in [9.17, 15) is 9.59 Å². The summed E-state index contributed by atoms with van der Waals surface area (Å²) in [6, 6.07) is 13.7. The van der Waals surface area contributed by atoms with Gasteiger partial charge in [0.1, 0.15) is 5.75 Å². The second-order valence-electron chi connectivity index (χ2n) is 5.19. The van der Waals surface area contributed by atoms with E-state index in [1.807, 2.05) is 12.1 Å². The molecule has 0 aromatic heterocycles. The van der Waals surface area contributed by atoms with E-state index in [0.717, 1.165) is 4.47 Å². The quantitative estimate of drug-likeness (QED) is 0.889. The van der Waals surface area contributed by atoms with E-state index in [1.165, 1.54) is 12.1 Å². The lowest BCUT2D eigenvalue weighted by atomic mass is 10.2. The highest BCUT2D eigenvalue weighted by atomic mass is 79.9. The molecule has 1 aliphatic rings. The highest BCUT2D eigenvalue weighted by Gasteiger charge is 2.34. The molecule has 0 radical (unpaired) electrons. The van der Waals surface area contributed by atoms with Crippen molar-refractivity contribution in [2.45, 2.75) is 12.5 Å². The van der Waals surface area contributed by atoms with E-state index < -0.39 is 12.1 Å². The van der Waals surface area contributed by atoms with Crippen LogP contribution in [-0.2, 0) is 4.79 Å². The molecule has 1 amide bonds. The summed E-state index contributed by atoms with van der Waals surface area (Å²) in [5.41, 5.74) is 0.740. The molecular weight excluding hydrogens is 362 g/mol. The van der Waals surface area contributed by atoms with Crippen LogP contribution in [0.15, 0.2) is 53.0 Å². The summed E-state index contributed by atoms with van der Waals surface area (Å²) in [6.07, 6.45) is 0.0105. The Hall–Kier alpha value is -2.34. The van der Waals surface area contributed by atoms with Crippen LogP contribution >= 0.6 is 15.9 Å². The molecule has 3 rings (SSSR count). The molecule has 0 spiro atoms. The van der Waals surface area contributed by atoms with Gasteiger partial charge in [-0.15, -0.1) is 0 Å². The van der Waals surface area contributed by atoms with Crippen molar-refractivity contribution < 1.29 is 19.4 Å². The minimum Gasteiger partial charge on any atom is -0.481 e. The van der Waals surface area contributed by atoms with E-state index >= 15 is 0 Å². The molecule has 2 aromatic rings. The van der Waals surface area contributed by atoms with Crippen molar-refractivity contribution in [3.8, 4) is 5.75 Å². The van der Waals surface area contributed by atoms with Crippen molar-refractivity contribution in [3.05, 3.63) is 58.6 Å².